The fourth-order valence-electron chi connectivity index (χ4n) is 2.23. The molecular weight excluding hydrogens is 248 g/mol. The van der Waals surface area contributed by atoms with Crippen molar-refractivity contribution < 1.29 is 4.43 Å². The molecule has 100 valence electrons. The van der Waals surface area contributed by atoms with E-state index < -0.39 is 9.04 Å². The molecule has 2 aromatic carbocycles. The van der Waals surface area contributed by atoms with Crippen molar-refractivity contribution in [1.29, 1.82) is 0 Å². The van der Waals surface area contributed by atoms with Crippen molar-refractivity contribution in [3.63, 3.8) is 0 Å². The first-order valence-electron chi connectivity index (χ1n) is 6.78. The highest BCUT2D eigenvalue weighted by Crippen LogP contribution is 2.27. The van der Waals surface area contributed by atoms with E-state index in [0.29, 0.717) is 6.61 Å². The van der Waals surface area contributed by atoms with E-state index in [1.54, 1.807) is 0 Å². The molecule has 0 aliphatic heterocycles. The lowest BCUT2D eigenvalue weighted by Crippen LogP contribution is -2.41. The molecule has 0 amide bonds. The van der Waals surface area contributed by atoms with Gasteiger partial charge in [-0.3, -0.25) is 0 Å². The first kappa shape index (κ1) is 14.0. The van der Waals surface area contributed by atoms with Crippen LogP contribution in [0.5, 0.6) is 0 Å². The normalized spacial score (nSPS) is 13.2. The van der Waals surface area contributed by atoms with Crippen LogP contribution in [-0.4, -0.2) is 9.04 Å². The van der Waals surface area contributed by atoms with Crippen LogP contribution in [0.4, 0.5) is 0 Å². The fraction of sp³-hybridized carbons (Fsp3) is 0.294. The van der Waals surface area contributed by atoms with Crippen molar-refractivity contribution in [2.45, 2.75) is 32.4 Å². The summed E-state index contributed by atoms with van der Waals surface area (Å²) in [5.74, 6) is 0. The maximum atomic E-state index is 6.32. The lowest BCUT2D eigenvalue weighted by Gasteiger charge is -2.29. The number of rotatable bonds is 4. The summed E-state index contributed by atoms with van der Waals surface area (Å²) in [6.45, 7) is 7.55. The van der Waals surface area contributed by atoms with Crippen molar-refractivity contribution in [3.8, 4) is 0 Å². The van der Waals surface area contributed by atoms with Crippen LogP contribution in [0.2, 0.25) is 5.04 Å². The van der Waals surface area contributed by atoms with Gasteiger partial charge in [-0.2, -0.15) is 0 Å². The van der Waals surface area contributed by atoms with E-state index >= 15 is 0 Å². The Labute approximate surface area is 118 Å². The molecule has 2 rings (SSSR count). The van der Waals surface area contributed by atoms with E-state index in [4.69, 9.17) is 4.43 Å². The Bertz CT molecular complexity index is 488. The zero-order valence-corrected chi connectivity index (χ0v) is 13.1. The van der Waals surface area contributed by atoms with Crippen molar-refractivity contribution >= 4 is 14.2 Å². The second kappa shape index (κ2) is 6.18. The van der Waals surface area contributed by atoms with Gasteiger partial charge in [-0.15, -0.1) is 0 Å². The van der Waals surface area contributed by atoms with Crippen LogP contribution in [0.25, 0.3) is 0 Å². The molecule has 0 unspecified atom stereocenters. The molecule has 0 N–H and O–H groups in total. The topological polar surface area (TPSA) is 9.23 Å². The second-order valence-corrected chi connectivity index (χ2v) is 9.45. The molecule has 0 aromatic heterocycles. The predicted molar refractivity (Wildman–Crippen MR) is 84.2 cm³/mol. The van der Waals surface area contributed by atoms with E-state index in [1.165, 1.54) is 10.8 Å². The molecule has 1 atom stereocenters. The molecular formula is C17H22OSi. The summed E-state index contributed by atoms with van der Waals surface area (Å²) in [5.41, 5.74) is 1.25. The summed E-state index contributed by atoms with van der Waals surface area (Å²) >= 11 is 0. The average Bonchev–Trinajstić information content (AvgIpc) is 2.40. The van der Waals surface area contributed by atoms with Gasteiger partial charge in [0.05, 0.1) is 6.61 Å². The van der Waals surface area contributed by atoms with Crippen molar-refractivity contribution in [2.24, 2.45) is 0 Å². The van der Waals surface area contributed by atoms with Crippen LogP contribution in [-0.2, 0) is 11.0 Å². The maximum Gasteiger partial charge on any atom is 0.214 e. The summed E-state index contributed by atoms with van der Waals surface area (Å²) in [6.07, 6.45) is 0. The molecule has 0 saturated carbocycles. The summed E-state index contributed by atoms with van der Waals surface area (Å²) < 4.78 is 6.32. The van der Waals surface area contributed by atoms with Crippen LogP contribution in [0.1, 0.15) is 26.3 Å². The van der Waals surface area contributed by atoms with E-state index in [1.807, 2.05) is 6.07 Å². The van der Waals surface area contributed by atoms with Crippen LogP contribution in [0.15, 0.2) is 60.7 Å². The molecule has 0 saturated heterocycles. The van der Waals surface area contributed by atoms with E-state index in [2.05, 4.69) is 75.4 Å². The largest absolute Gasteiger partial charge is 0.411 e. The third kappa shape index (κ3) is 4.05. The molecule has 0 fully saturated rings. The zero-order chi connectivity index (χ0) is 13.7. The van der Waals surface area contributed by atoms with Crippen LogP contribution >= 0.6 is 0 Å². The molecule has 1 nitrogen and oxygen atoms in total. The van der Waals surface area contributed by atoms with Crippen molar-refractivity contribution in [3.05, 3.63) is 66.2 Å². The maximum absolute atomic E-state index is 6.32. The summed E-state index contributed by atoms with van der Waals surface area (Å²) in [4.78, 5) is 0. The molecule has 0 aliphatic carbocycles. The van der Waals surface area contributed by atoms with E-state index in [-0.39, 0.29) is 5.04 Å². The highest BCUT2D eigenvalue weighted by Gasteiger charge is 2.29. The lowest BCUT2D eigenvalue weighted by molar-refractivity contribution is 0.298. The quantitative estimate of drug-likeness (QED) is 0.771. The number of benzene rings is 2. The molecule has 19 heavy (non-hydrogen) atoms. The first-order valence-corrected chi connectivity index (χ1v) is 8.40. The van der Waals surface area contributed by atoms with Gasteiger partial charge in [0.1, 0.15) is 0 Å². The van der Waals surface area contributed by atoms with E-state index in [0.717, 1.165) is 0 Å². The van der Waals surface area contributed by atoms with Gasteiger partial charge in [0.2, 0.25) is 9.04 Å². The Morgan fingerprint density at radius 2 is 1.37 bits per heavy atom. The average molecular weight is 270 g/mol. The minimum atomic E-state index is -1.45. The molecule has 0 spiro atoms. The summed E-state index contributed by atoms with van der Waals surface area (Å²) in [6, 6.07) is 21.1. The second-order valence-electron chi connectivity index (χ2n) is 5.95. The molecule has 0 heterocycles. The molecule has 0 radical (unpaired) electrons. The Morgan fingerprint density at radius 1 is 0.842 bits per heavy atom. The predicted octanol–water partition coefficient (Wildman–Crippen LogP) is 3.63. The highest BCUT2D eigenvalue weighted by atomic mass is 28.3. The fourth-order valence-corrected chi connectivity index (χ4v) is 4.85. The van der Waals surface area contributed by atoms with Crippen LogP contribution < -0.4 is 5.19 Å². The van der Waals surface area contributed by atoms with Crippen LogP contribution in [0.3, 0.4) is 0 Å². The number of hydrogen-bond donors (Lipinski definition) is 0. The van der Waals surface area contributed by atoms with Crippen molar-refractivity contribution in [2.75, 3.05) is 0 Å². The van der Waals surface area contributed by atoms with Gasteiger partial charge in [0.25, 0.3) is 0 Å². The Kier molecular flexibility index (Phi) is 4.56. The standard InChI is InChI=1S/C17H22OSi/c1-17(2,3)19(16-12-8-5-9-13-16)18-14-15-10-6-4-7-11-15/h4-13,19H,14H2,1-3H3/t19-/m1/s1. The highest BCUT2D eigenvalue weighted by molar-refractivity contribution is 6.70. The minimum absolute atomic E-state index is 0.218. The van der Waals surface area contributed by atoms with Crippen molar-refractivity contribution in [1.82, 2.24) is 0 Å². The molecule has 2 aromatic rings. The van der Waals surface area contributed by atoms with Crippen LogP contribution in [0, 0.1) is 0 Å². The van der Waals surface area contributed by atoms with Gasteiger partial charge in [-0.05, 0) is 15.8 Å². The Morgan fingerprint density at radius 3 is 1.89 bits per heavy atom. The van der Waals surface area contributed by atoms with Gasteiger partial charge < -0.3 is 4.43 Å². The first-order chi connectivity index (χ1) is 9.07. The lowest BCUT2D eigenvalue weighted by atomic mass is 10.2. The smallest absolute Gasteiger partial charge is 0.214 e. The molecule has 2 heteroatoms. The minimum Gasteiger partial charge on any atom is -0.411 e. The SMILES string of the molecule is CC(C)(C)[Si@H](OCc1ccccc1)c1ccccc1. The van der Waals surface area contributed by atoms with Gasteiger partial charge in [-0.1, -0.05) is 81.4 Å². The zero-order valence-electron chi connectivity index (χ0n) is 12.0. The van der Waals surface area contributed by atoms with Gasteiger partial charge in [0, 0.05) is 0 Å². The summed E-state index contributed by atoms with van der Waals surface area (Å²) in [7, 11) is -1.45. The monoisotopic (exact) mass is 270 g/mol. The molecule has 0 bridgehead atoms. The Hall–Kier alpha value is -1.38. The van der Waals surface area contributed by atoms with Gasteiger partial charge >= 0.3 is 0 Å². The third-order valence-corrected chi connectivity index (χ3v) is 6.21. The number of hydrogen-bond acceptors (Lipinski definition) is 1. The van der Waals surface area contributed by atoms with Gasteiger partial charge in [-0.25, -0.2) is 0 Å². The summed E-state index contributed by atoms with van der Waals surface area (Å²) in [5, 5.41) is 1.60. The Balaban J connectivity index is 2.12. The molecule has 0 aliphatic rings. The van der Waals surface area contributed by atoms with E-state index in [9.17, 15) is 0 Å². The van der Waals surface area contributed by atoms with Gasteiger partial charge in [0.15, 0.2) is 0 Å². The third-order valence-electron chi connectivity index (χ3n) is 3.15.